The maximum absolute atomic E-state index is 5.27. The number of halogens is 1. The zero-order valence-electron chi connectivity index (χ0n) is 12.1. The molecule has 114 valence electrons. The number of hydrogen-bond acceptors (Lipinski definition) is 5. The maximum Gasteiger partial charge on any atom is 0.235 e. The maximum atomic E-state index is 5.27. The Morgan fingerprint density at radius 3 is 2.65 bits per heavy atom. The van der Waals surface area contributed by atoms with Gasteiger partial charge in [0.2, 0.25) is 4.96 Å². The van der Waals surface area contributed by atoms with Crippen LogP contribution < -0.4 is 4.74 Å². The Labute approximate surface area is 144 Å². The Hall–Kier alpha value is -2.25. The molecule has 0 atom stereocenters. The van der Waals surface area contributed by atoms with Gasteiger partial charge in [0.1, 0.15) is 10.8 Å². The van der Waals surface area contributed by atoms with E-state index in [1.54, 1.807) is 11.6 Å². The summed E-state index contributed by atoms with van der Waals surface area (Å²) in [6, 6.07) is 15.8. The molecule has 0 spiro atoms. The van der Waals surface area contributed by atoms with E-state index in [0.29, 0.717) is 0 Å². The second-order valence-electron chi connectivity index (χ2n) is 4.86. The summed E-state index contributed by atoms with van der Waals surface area (Å²) < 4.78 is 8.08. The first kappa shape index (κ1) is 14.3. The van der Waals surface area contributed by atoms with Crippen molar-refractivity contribution >= 4 is 32.2 Å². The summed E-state index contributed by atoms with van der Waals surface area (Å²) in [5, 5.41) is 14.0. The lowest BCUT2D eigenvalue weighted by Crippen LogP contribution is -1.91. The molecule has 0 saturated heterocycles. The molecular formula is C16H11BrN4OS. The van der Waals surface area contributed by atoms with Crippen molar-refractivity contribution in [2.24, 2.45) is 0 Å². The fraction of sp³-hybridized carbons (Fsp3) is 0.0625. The van der Waals surface area contributed by atoms with Gasteiger partial charge in [-0.3, -0.25) is 0 Å². The molecule has 4 aromatic rings. The summed E-state index contributed by atoms with van der Waals surface area (Å²) in [7, 11) is 1.66. The van der Waals surface area contributed by atoms with E-state index in [1.165, 1.54) is 11.3 Å². The first-order valence-corrected chi connectivity index (χ1v) is 8.48. The Kier molecular flexibility index (Phi) is 3.59. The topological polar surface area (TPSA) is 52.3 Å². The first-order valence-electron chi connectivity index (χ1n) is 6.87. The average Bonchev–Trinajstić information content (AvgIpc) is 3.16. The molecule has 0 radical (unpaired) electrons. The van der Waals surface area contributed by atoms with E-state index in [-0.39, 0.29) is 0 Å². The van der Waals surface area contributed by atoms with E-state index in [1.807, 2.05) is 48.5 Å². The average molecular weight is 387 g/mol. The normalized spacial score (nSPS) is 11.0. The van der Waals surface area contributed by atoms with Crippen LogP contribution in [0.2, 0.25) is 0 Å². The minimum absolute atomic E-state index is 0.734. The van der Waals surface area contributed by atoms with Crippen molar-refractivity contribution in [1.29, 1.82) is 0 Å². The number of methoxy groups -OCH3 is 1. The van der Waals surface area contributed by atoms with Gasteiger partial charge in [0, 0.05) is 15.6 Å². The number of nitrogens with zero attached hydrogens (tertiary/aromatic N) is 4. The highest BCUT2D eigenvalue weighted by Gasteiger charge is 2.14. The standard InChI is InChI=1S/C16H11BrN4OS/c1-22-13-4-2-3-11(9-13)15-20-21-14(18-19-16(21)23-15)10-5-7-12(17)8-6-10/h2-9H,1H3. The summed E-state index contributed by atoms with van der Waals surface area (Å²) in [6.45, 7) is 0. The molecule has 0 bridgehead atoms. The van der Waals surface area contributed by atoms with Crippen LogP contribution >= 0.6 is 27.3 Å². The number of hydrogen-bond donors (Lipinski definition) is 0. The van der Waals surface area contributed by atoms with Crippen LogP contribution in [-0.4, -0.2) is 26.9 Å². The SMILES string of the molecule is COc1cccc(-c2nn3c(-c4ccc(Br)cc4)nnc3s2)c1. The van der Waals surface area contributed by atoms with Gasteiger partial charge in [-0.1, -0.05) is 51.5 Å². The Morgan fingerprint density at radius 2 is 1.87 bits per heavy atom. The summed E-state index contributed by atoms with van der Waals surface area (Å²) in [5.74, 6) is 1.54. The van der Waals surface area contributed by atoms with E-state index >= 15 is 0 Å². The highest BCUT2D eigenvalue weighted by molar-refractivity contribution is 9.10. The lowest BCUT2D eigenvalue weighted by atomic mass is 10.2. The number of ether oxygens (including phenoxy) is 1. The molecule has 23 heavy (non-hydrogen) atoms. The zero-order chi connectivity index (χ0) is 15.8. The predicted octanol–water partition coefficient (Wildman–Crippen LogP) is 4.29. The van der Waals surface area contributed by atoms with Crippen LogP contribution in [0, 0.1) is 0 Å². The number of aromatic nitrogens is 4. The van der Waals surface area contributed by atoms with E-state index in [2.05, 4.69) is 31.2 Å². The van der Waals surface area contributed by atoms with E-state index in [9.17, 15) is 0 Å². The molecule has 0 aliphatic rings. The van der Waals surface area contributed by atoms with Crippen LogP contribution in [0.3, 0.4) is 0 Å². The van der Waals surface area contributed by atoms with Gasteiger partial charge in [-0.2, -0.15) is 9.61 Å². The summed E-state index contributed by atoms with van der Waals surface area (Å²) >= 11 is 4.94. The van der Waals surface area contributed by atoms with Crippen molar-refractivity contribution in [2.75, 3.05) is 7.11 Å². The molecule has 7 heteroatoms. The molecule has 0 unspecified atom stereocenters. The zero-order valence-corrected chi connectivity index (χ0v) is 14.5. The van der Waals surface area contributed by atoms with Gasteiger partial charge in [0.05, 0.1) is 7.11 Å². The lowest BCUT2D eigenvalue weighted by Gasteiger charge is -2.01. The van der Waals surface area contributed by atoms with E-state index < -0.39 is 0 Å². The second kappa shape index (κ2) is 5.75. The summed E-state index contributed by atoms with van der Waals surface area (Å²) in [4.78, 5) is 0.765. The van der Waals surface area contributed by atoms with Crippen LogP contribution in [0.1, 0.15) is 0 Å². The Balaban J connectivity index is 1.81. The lowest BCUT2D eigenvalue weighted by molar-refractivity contribution is 0.415. The largest absolute Gasteiger partial charge is 0.497 e. The van der Waals surface area contributed by atoms with Gasteiger partial charge in [-0.25, -0.2) is 0 Å². The molecule has 2 aromatic heterocycles. The molecule has 0 fully saturated rings. The van der Waals surface area contributed by atoms with Crippen LogP contribution in [0.25, 0.3) is 26.9 Å². The van der Waals surface area contributed by atoms with Crippen molar-refractivity contribution in [3.63, 3.8) is 0 Å². The molecule has 0 aliphatic carbocycles. The smallest absolute Gasteiger partial charge is 0.235 e. The second-order valence-corrected chi connectivity index (χ2v) is 6.74. The molecule has 5 nitrogen and oxygen atoms in total. The molecule has 4 rings (SSSR count). The molecule has 2 aromatic carbocycles. The third-order valence-electron chi connectivity index (χ3n) is 3.41. The highest BCUT2D eigenvalue weighted by atomic mass is 79.9. The van der Waals surface area contributed by atoms with Gasteiger partial charge >= 0.3 is 0 Å². The van der Waals surface area contributed by atoms with E-state index in [4.69, 9.17) is 4.74 Å². The Bertz CT molecular complexity index is 977. The summed E-state index contributed by atoms with van der Waals surface area (Å²) in [5.41, 5.74) is 1.98. The van der Waals surface area contributed by atoms with Crippen LogP contribution in [-0.2, 0) is 0 Å². The van der Waals surface area contributed by atoms with Gasteiger partial charge < -0.3 is 4.74 Å². The fourth-order valence-electron chi connectivity index (χ4n) is 2.27. The Morgan fingerprint density at radius 1 is 1.04 bits per heavy atom. The molecule has 0 aliphatic heterocycles. The summed E-state index contributed by atoms with van der Waals surface area (Å²) in [6.07, 6.45) is 0. The van der Waals surface area contributed by atoms with Crippen LogP contribution in [0.15, 0.2) is 53.0 Å². The van der Waals surface area contributed by atoms with Gasteiger partial charge in [-0.05, 0) is 24.3 Å². The van der Waals surface area contributed by atoms with E-state index in [0.717, 1.165) is 37.1 Å². The monoisotopic (exact) mass is 386 g/mol. The van der Waals surface area contributed by atoms with Gasteiger partial charge in [-0.15, -0.1) is 10.2 Å². The minimum Gasteiger partial charge on any atom is -0.497 e. The third kappa shape index (κ3) is 2.62. The van der Waals surface area contributed by atoms with Crippen molar-refractivity contribution < 1.29 is 4.74 Å². The van der Waals surface area contributed by atoms with Gasteiger partial charge in [0.25, 0.3) is 0 Å². The van der Waals surface area contributed by atoms with Crippen LogP contribution in [0.5, 0.6) is 5.75 Å². The highest BCUT2D eigenvalue weighted by Crippen LogP contribution is 2.30. The van der Waals surface area contributed by atoms with Gasteiger partial charge in [0.15, 0.2) is 5.82 Å². The molecule has 0 saturated carbocycles. The number of rotatable bonds is 3. The number of fused-ring (bicyclic) bond motifs is 1. The van der Waals surface area contributed by atoms with Crippen LogP contribution in [0.4, 0.5) is 0 Å². The molecular weight excluding hydrogens is 376 g/mol. The quantitative estimate of drug-likeness (QED) is 0.526. The first-order chi connectivity index (χ1) is 11.2. The fourth-order valence-corrected chi connectivity index (χ4v) is 3.37. The van der Waals surface area contributed by atoms with Crippen molar-refractivity contribution in [2.45, 2.75) is 0 Å². The van der Waals surface area contributed by atoms with Crippen molar-refractivity contribution in [3.05, 3.63) is 53.0 Å². The molecule has 0 N–H and O–H groups in total. The number of benzene rings is 2. The molecule has 0 amide bonds. The van der Waals surface area contributed by atoms with Crippen molar-refractivity contribution in [1.82, 2.24) is 19.8 Å². The minimum atomic E-state index is 0.734. The molecule has 2 heterocycles. The predicted molar refractivity (Wildman–Crippen MR) is 93.8 cm³/mol. The third-order valence-corrected chi connectivity index (χ3v) is 4.89. The van der Waals surface area contributed by atoms with Crippen molar-refractivity contribution in [3.8, 4) is 27.7 Å².